The number of rotatable bonds is 3. The smallest absolute Gasteiger partial charge is 0.378 e. The molecule has 0 atom stereocenters. The van der Waals surface area contributed by atoms with Gasteiger partial charge in [0.05, 0.1) is 7.11 Å². The molecular weight excluding hydrogens is 306 g/mol. The fraction of sp³-hybridized carbons (Fsp3) is 0.600. The molecule has 0 aliphatic heterocycles. The van der Waals surface area contributed by atoms with E-state index in [1.807, 2.05) is 0 Å². The first-order valence-corrected chi connectivity index (χ1v) is 6.90. The summed E-state index contributed by atoms with van der Waals surface area (Å²) in [7, 11) is 1.11. The molecule has 0 aromatic carbocycles. The van der Waals surface area contributed by atoms with Crippen molar-refractivity contribution in [1.82, 2.24) is 5.16 Å². The molecule has 23 heavy (non-hydrogen) atoms. The predicted molar refractivity (Wildman–Crippen MR) is 78.2 cm³/mol. The van der Waals surface area contributed by atoms with Crippen molar-refractivity contribution in [3.8, 4) is 0 Å². The minimum Gasteiger partial charge on any atom is -0.464 e. The molecule has 0 bridgehead atoms. The number of hydrogen-bond acceptors (Lipinski definition) is 8. The van der Waals surface area contributed by atoms with Crippen LogP contribution in [0.15, 0.2) is 4.52 Å². The third kappa shape index (κ3) is 5.08. The number of hydrogen-bond donors (Lipinski definition) is 0. The lowest BCUT2D eigenvalue weighted by molar-refractivity contribution is -0.00111. The molecule has 0 spiro atoms. The van der Waals surface area contributed by atoms with Crippen LogP contribution < -0.4 is 0 Å². The Kier molecular flexibility index (Phi) is 5.19. The second kappa shape index (κ2) is 6.39. The van der Waals surface area contributed by atoms with E-state index in [0.29, 0.717) is 0 Å². The average Bonchev–Trinajstić information content (AvgIpc) is 2.78. The van der Waals surface area contributed by atoms with Crippen LogP contribution in [0.25, 0.3) is 0 Å². The number of carbonyl (C=O) groups excluding carboxylic acids is 3. The largest absolute Gasteiger partial charge is 0.464 e. The first-order chi connectivity index (χ1) is 10.4. The van der Waals surface area contributed by atoms with Crippen LogP contribution in [0.5, 0.6) is 0 Å². The minimum atomic E-state index is -0.931. The summed E-state index contributed by atoms with van der Waals surface area (Å²) in [6, 6.07) is 0. The molecule has 0 amide bonds. The molecule has 0 saturated carbocycles. The fourth-order valence-electron chi connectivity index (χ4n) is 1.51. The Labute approximate surface area is 134 Å². The molecule has 1 aromatic heterocycles. The van der Waals surface area contributed by atoms with E-state index in [4.69, 9.17) is 14.0 Å². The molecule has 0 aliphatic rings. The highest BCUT2D eigenvalue weighted by atomic mass is 16.6. The van der Waals surface area contributed by atoms with E-state index in [9.17, 15) is 14.4 Å². The summed E-state index contributed by atoms with van der Waals surface area (Å²) in [5.74, 6) is -3.29. The van der Waals surface area contributed by atoms with Crippen LogP contribution in [0.4, 0.5) is 0 Å². The van der Waals surface area contributed by atoms with E-state index in [1.54, 1.807) is 41.5 Å². The van der Waals surface area contributed by atoms with Crippen LogP contribution in [0.2, 0.25) is 0 Å². The van der Waals surface area contributed by atoms with Gasteiger partial charge in [-0.15, -0.1) is 0 Å². The maximum absolute atomic E-state index is 12.3. The van der Waals surface area contributed by atoms with Crippen molar-refractivity contribution in [2.75, 3.05) is 7.11 Å². The molecule has 1 heterocycles. The first-order valence-electron chi connectivity index (χ1n) is 6.90. The summed E-state index contributed by atoms with van der Waals surface area (Å²) in [5.41, 5.74) is -2.52. The summed E-state index contributed by atoms with van der Waals surface area (Å²) in [6.07, 6.45) is 0. The van der Waals surface area contributed by atoms with Gasteiger partial charge in [-0.25, -0.2) is 14.4 Å². The SMILES string of the molecule is COC(=O)c1noc(C(=O)OC(C)(C)C)c1C(=O)OC(C)(C)C. The number of aromatic nitrogens is 1. The zero-order valence-electron chi connectivity index (χ0n) is 14.3. The van der Waals surface area contributed by atoms with Crippen LogP contribution >= 0.6 is 0 Å². The number of ether oxygens (including phenoxy) is 3. The van der Waals surface area contributed by atoms with Gasteiger partial charge in [-0.3, -0.25) is 0 Å². The van der Waals surface area contributed by atoms with Gasteiger partial charge >= 0.3 is 17.9 Å². The highest BCUT2D eigenvalue weighted by molar-refractivity contribution is 6.08. The maximum Gasteiger partial charge on any atom is 0.378 e. The monoisotopic (exact) mass is 327 g/mol. The third-order valence-electron chi connectivity index (χ3n) is 2.26. The molecule has 0 unspecified atom stereocenters. The number of esters is 3. The lowest BCUT2D eigenvalue weighted by Gasteiger charge is -2.20. The molecule has 0 N–H and O–H groups in total. The molecule has 1 rings (SSSR count). The van der Waals surface area contributed by atoms with Gasteiger partial charge in [-0.2, -0.15) is 0 Å². The molecule has 1 aromatic rings. The second-order valence-electron chi connectivity index (χ2n) is 6.73. The van der Waals surface area contributed by atoms with E-state index in [1.165, 1.54) is 0 Å². The Morgan fingerprint density at radius 1 is 0.870 bits per heavy atom. The Morgan fingerprint density at radius 3 is 1.78 bits per heavy atom. The average molecular weight is 327 g/mol. The molecule has 8 heteroatoms. The standard InChI is InChI=1S/C15H21NO7/c1-14(2,3)21-11(17)8-9(12(18)20-7)16-23-10(8)13(19)22-15(4,5)6/h1-7H3. The molecule has 128 valence electrons. The topological polar surface area (TPSA) is 105 Å². The summed E-state index contributed by atoms with van der Waals surface area (Å²) in [5, 5.41) is 3.44. The minimum absolute atomic E-state index is 0.416. The Balaban J connectivity index is 3.32. The van der Waals surface area contributed by atoms with Gasteiger partial charge in [0, 0.05) is 0 Å². The number of nitrogens with zero attached hydrogens (tertiary/aromatic N) is 1. The van der Waals surface area contributed by atoms with Crippen molar-refractivity contribution in [1.29, 1.82) is 0 Å². The van der Waals surface area contributed by atoms with Crippen LogP contribution in [0.1, 0.15) is 72.9 Å². The van der Waals surface area contributed by atoms with Gasteiger partial charge < -0.3 is 18.7 Å². The zero-order valence-corrected chi connectivity index (χ0v) is 14.3. The van der Waals surface area contributed by atoms with Crippen LogP contribution in [0, 0.1) is 0 Å². The van der Waals surface area contributed by atoms with Crippen molar-refractivity contribution in [2.24, 2.45) is 0 Å². The van der Waals surface area contributed by atoms with Gasteiger partial charge in [0.2, 0.25) is 5.69 Å². The molecule has 8 nitrogen and oxygen atoms in total. The van der Waals surface area contributed by atoms with E-state index in [0.717, 1.165) is 7.11 Å². The Morgan fingerprint density at radius 2 is 1.35 bits per heavy atom. The predicted octanol–water partition coefficient (Wildman–Crippen LogP) is 2.37. The lowest BCUT2D eigenvalue weighted by atomic mass is 10.1. The van der Waals surface area contributed by atoms with Gasteiger partial charge in [-0.05, 0) is 41.5 Å². The quantitative estimate of drug-likeness (QED) is 0.615. The van der Waals surface area contributed by atoms with E-state index in [-0.39, 0.29) is 0 Å². The number of carbonyl (C=O) groups is 3. The third-order valence-corrected chi connectivity index (χ3v) is 2.26. The molecule has 0 saturated heterocycles. The number of methoxy groups -OCH3 is 1. The molecule has 0 radical (unpaired) electrons. The maximum atomic E-state index is 12.3. The fourth-order valence-corrected chi connectivity index (χ4v) is 1.51. The van der Waals surface area contributed by atoms with Crippen molar-refractivity contribution in [2.45, 2.75) is 52.7 Å². The summed E-state index contributed by atoms with van der Waals surface area (Å²) < 4.78 is 19.7. The normalized spacial score (nSPS) is 11.8. The van der Waals surface area contributed by atoms with Gasteiger partial charge in [-0.1, -0.05) is 5.16 Å². The molecule has 0 aliphatic carbocycles. The highest BCUT2D eigenvalue weighted by Crippen LogP contribution is 2.22. The summed E-state index contributed by atoms with van der Waals surface area (Å²) in [4.78, 5) is 36.2. The van der Waals surface area contributed by atoms with Gasteiger partial charge in [0.25, 0.3) is 5.76 Å². The van der Waals surface area contributed by atoms with Crippen molar-refractivity contribution in [3.63, 3.8) is 0 Å². The van der Waals surface area contributed by atoms with Crippen molar-refractivity contribution < 1.29 is 33.1 Å². The second-order valence-corrected chi connectivity index (χ2v) is 6.73. The Hall–Kier alpha value is -2.38. The summed E-state index contributed by atoms with van der Waals surface area (Å²) in [6.45, 7) is 9.87. The lowest BCUT2D eigenvalue weighted by Crippen LogP contribution is -2.28. The van der Waals surface area contributed by atoms with Gasteiger partial charge in [0.1, 0.15) is 16.8 Å². The summed E-state index contributed by atoms with van der Waals surface area (Å²) >= 11 is 0. The Bertz CT molecular complexity index is 617. The van der Waals surface area contributed by atoms with Crippen molar-refractivity contribution in [3.05, 3.63) is 17.0 Å². The van der Waals surface area contributed by atoms with E-state index in [2.05, 4.69) is 9.89 Å². The van der Waals surface area contributed by atoms with E-state index < -0.39 is 46.1 Å². The van der Waals surface area contributed by atoms with Crippen molar-refractivity contribution >= 4 is 17.9 Å². The van der Waals surface area contributed by atoms with Crippen LogP contribution in [0.3, 0.4) is 0 Å². The van der Waals surface area contributed by atoms with E-state index >= 15 is 0 Å². The highest BCUT2D eigenvalue weighted by Gasteiger charge is 2.36. The molecule has 0 fully saturated rings. The van der Waals surface area contributed by atoms with Gasteiger partial charge in [0.15, 0.2) is 0 Å². The van der Waals surface area contributed by atoms with Crippen LogP contribution in [-0.2, 0) is 14.2 Å². The first kappa shape index (κ1) is 18.7. The zero-order chi connectivity index (χ0) is 18.0. The van der Waals surface area contributed by atoms with Crippen LogP contribution in [-0.4, -0.2) is 41.4 Å². The molecular formula is C15H21NO7.